The van der Waals surface area contributed by atoms with Crippen molar-refractivity contribution in [3.63, 3.8) is 0 Å². The monoisotopic (exact) mass is 501 g/mol. The molecular weight excluding hydrogens is 466 g/mol. The number of carbonyl (C=O) groups is 1. The molecule has 194 valence electrons. The maximum atomic E-state index is 12.4. The second-order valence-electron chi connectivity index (χ2n) is 10.3. The van der Waals surface area contributed by atoms with Crippen molar-refractivity contribution < 1.29 is 19.0 Å². The lowest BCUT2D eigenvalue weighted by Gasteiger charge is -2.45. The SMILES string of the molecule is COC1(OC)CCC(NC(C)=O)(c2cnc(-c3ccc(C4(N)COC4)cc3)c(-c3ccccc3)c2)CC1. The van der Waals surface area contributed by atoms with E-state index in [-0.39, 0.29) is 5.91 Å². The standard InChI is InChI=1S/C30H35N3O4/c1-21(34)33-29(13-15-30(35-2,36-3)16-14-29)25-17-26(22-7-5-4-6-8-22)27(32-18-25)23-9-11-24(12-10-23)28(31)19-37-20-28/h4-12,17-18H,13-16,19-20,31H2,1-3H3,(H,33,34). The van der Waals surface area contributed by atoms with E-state index in [1.807, 2.05) is 24.4 Å². The minimum atomic E-state index is -0.634. The molecule has 2 aliphatic rings. The fourth-order valence-corrected chi connectivity index (χ4v) is 5.62. The lowest BCUT2D eigenvalue weighted by molar-refractivity contribution is -0.231. The minimum absolute atomic E-state index is 0.0704. The second-order valence-corrected chi connectivity index (χ2v) is 10.3. The highest BCUT2D eigenvalue weighted by atomic mass is 16.7. The molecule has 0 atom stereocenters. The largest absolute Gasteiger partial charge is 0.377 e. The van der Waals surface area contributed by atoms with Gasteiger partial charge in [-0.3, -0.25) is 9.78 Å². The molecule has 3 N–H and O–H groups in total. The first-order chi connectivity index (χ1) is 17.8. The van der Waals surface area contributed by atoms with E-state index in [4.69, 9.17) is 24.9 Å². The molecule has 1 saturated carbocycles. The van der Waals surface area contributed by atoms with Gasteiger partial charge in [-0.2, -0.15) is 0 Å². The Balaban J connectivity index is 1.57. The van der Waals surface area contributed by atoms with Crippen LogP contribution in [0.1, 0.15) is 43.7 Å². The van der Waals surface area contributed by atoms with Gasteiger partial charge in [0.2, 0.25) is 5.91 Å². The predicted octanol–water partition coefficient (Wildman–Crippen LogP) is 4.49. The molecular formula is C30H35N3O4. The van der Waals surface area contributed by atoms with Crippen molar-refractivity contribution in [1.29, 1.82) is 0 Å². The molecule has 1 aromatic heterocycles. The highest BCUT2D eigenvalue weighted by Gasteiger charge is 2.45. The van der Waals surface area contributed by atoms with Gasteiger partial charge in [0.15, 0.2) is 5.79 Å². The van der Waals surface area contributed by atoms with Crippen molar-refractivity contribution in [2.45, 2.75) is 49.5 Å². The molecule has 37 heavy (non-hydrogen) atoms. The van der Waals surface area contributed by atoms with E-state index in [9.17, 15) is 4.79 Å². The quantitative estimate of drug-likeness (QED) is 0.463. The number of hydrogen-bond donors (Lipinski definition) is 2. The lowest BCUT2D eigenvalue weighted by atomic mass is 9.74. The van der Waals surface area contributed by atoms with Crippen LogP contribution in [-0.2, 0) is 30.1 Å². The number of benzene rings is 2. The Morgan fingerprint density at radius 3 is 2.11 bits per heavy atom. The van der Waals surface area contributed by atoms with Crippen molar-refractivity contribution in [1.82, 2.24) is 10.3 Å². The molecule has 3 aromatic rings. The van der Waals surface area contributed by atoms with Crippen LogP contribution in [0.5, 0.6) is 0 Å². The zero-order valence-electron chi connectivity index (χ0n) is 21.8. The number of ether oxygens (including phenoxy) is 3. The summed E-state index contributed by atoms with van der Waals surface area (Å²) in [6, 6.07) is 20.7. The Kier molecular flexibility index (Phi) is 6.89. The second kappa shape index (κ2) is 9.99. The molecule has 1 saturated heterocycles. The minimum Gasteiger partial charge on any atom is -0.377 e. The Bertz CT molecular complexity index is 1240. The molecule has 7 nitrogen and oxygen atoms in total. The predicted molar refractivity (Wildman–Crippen MR) is 143 cm³/mol. The van der Waals surface area contributed by atoms with Crippen LogP contribution in [0, 0.1) is 0 Å². The average molecular weight is 502 g/mol. The van der Waals surface area contributed by atoms with Crippen LogP contribution in [0.25, 0.3) is 22.4 Å². The number of rotatable bonds is 7. The van der Waals surface area contributed by atoms with Crippen molar-refractivity contribution in [2.75, 3.05) is 27.4 Å². The summed E-state index contributed by atoms with van der Waals surface area (Å²) in [5, 5.41) is 3.26. The van der Waals surface area contributed by atoms with Gasteiger partial charge in [-0.05, 0) is 35.6 Å². The van der Waals surface area contributed by atoms with Crippen LogP contribution < -0.4 is 11.1 Å². The fraction of sp³-hybridized carbons (Fsp3) is 0.400. The third kappa shape index (κ3) is 4.80. The summed E-state index contributed by atoms with van der Waals surface area (Å²) in [4.78, 5) is 17.3. The third-order valence-corrected chi connectivity index (χ3v) is 8.00. The number of nitrogens with two attached hydrogens (primary N) is 1. The van der Waals surface area contributed by atoms with E-state index in [2.05, 4.69) is 47.8 Å². The molecule has 2 aromatic carbocycles. The molecule has 0 spiro atoms. The summed E-state index contributed by atoms with van der Waals surface area (Å²) in [6.07, 6.45) is 4.59. The molecule has 5 rings (SSSR count). The number of pyridine rings is 1. The van der Waals surface area contributed by atoms with Gasteiger partial charge in [-0.1, -0.05) is 54.6 Å². The summed E-state index contributed by atoms with van der Waals surface area (Å²) < 4.78 is 16.8. The zero-order chi connectivity index (χ0) is 26.1. The van der Waals surface area contributed by atoms with Gasteiger partial charge in [0.05, 0.1) is 30.0 Å². The highest BCUT2D eigenvalue weighted by molar-refractivity contribution is 5.82. The normalized spacial score (nSPS) is 19.6. The van der Waals surface area contributed by atoms with Gasteiger partial charge in [0, 0.05) is 51.3 Å². The Labute approximate surface area is 218 Å². The van der Waals surface area contributed by atoms with Crippen LogP contribution in [-0.4, -0.2) is 44.1 Å². The first-order valence-electron chi connectivity index (χ1n) is 12.7. The van der Waals surface area contributed by atoms with E-state index in [1.54, 1.807) is 21.1 Å². The number of methoxy groups -OCH3 is 2. The van der Waals surface area contributed by atoms with Crippen LogP contribution in [0.3, 0.4) is 0 Å². The summed E-state index contributed by atoms with van der Waals surface area (Å²) >= 11 is 0. The van der Waals surface area contributed by atoms with Gasteiger partial charge in [-0.25, -0.2) is 0 Å². The first-order valence-corrected chi connectivity index (χ1v) is 12.7. The van der Waals surface area contributed by atoms with E-state index in [0.717, 1.165) is 33.5 Å². The van der Waals surface area contributed by atoms with Gasteiger partial charge in [-0.15, -0.1) is 0 Å². The van der Waals surface area contributed by atoms with Gasteiger partial charge in [0.25, 0.3) is 0 Å². The lowest BCUT2D eigenvalue weighted by Crippen LogP contribution is -2.54. The Morgan fingerprint density at radius 1 is 0.919 bits per heavy atom. The fourth-order valence-electron chi connectivity index (χ4n) is 5.62. The Morgan fingerprint density at radius 2 is 1.57 bits per heavy atom. The van der Waals surface area contributed by atoms with Gasteiger partial charge in [0.1, 0.15) is 0 Å². The summed E-state index contributed by atoms with van der Waals surface area (Å²) in [5.74, 6) is -0.704. The van der Waals surface area contributed by atoms with Crippen molar-refractivity contribution in [3.8, 4) is 22.4 Å². The molecule has 1 amide bonds. The average Bonchev–Trinajstić information content (AvgIpc) is 2.92. The van der Waals surface area contributed by atoms with Gasteiger partial charge < -0.3 is 25.3 Å². The van der Waals surface area contributed by atoms with Crippen molar-refractivity contribution >= 4 is 5.91 Å². The topological polar surface area (TPSA) is 95.7 Å². The molecule has 0 unspecified atom stereocenters. The molecule has 2 heterocycles. The smallest absolute Gasteiger partial charge is 0.217 e. The summed E-state index contributed by atoms with van der Waals surface area (Å²) in [6.45, 7) is 2.63. The molecule has 1 aliphatic carbocycles. The Hall–Kier alpha value is -3.10. The van der Waals surface area contributed by atoms with Crippen LogP contribution in [0.2, 0.25) is 0 Å². The number of nitrogens with zero attached hydrogens (tertiary/aromatic N) is 1. The van der Waals surface area contributed by atoms with Gasteiger partial charge >= 0.3 is 0 Å². The molecule has 2 fully saturated rings. The number of carbonyl (C=O) groups excluding carboxylic acids is 1. The zero-order valence-corrected chi connectivity index (χ0v) is 21.8. The van der Waals surface area contributed by atoms with E-state index in [1.165, 1.54) is 0 Å². The third-order valence-electron chi connectivity index (χ3n) is 8.00. The molecule has 7 heteroatoms. The van der Waals surface area contributed by atoms with Crippen molar-refractivity contribution in [3.05, 3.63) is 78.0 Å². The number of amides is 1. The molecule has 0 radical (unpaired) electrons. The summed E-state index contributed by atoms with van der Waals surface area (Å²) in [7, 11) is 3.35. The van der Waals surface area contributed by atoms with E-state index < -0.39 is 16.9 Å². The number of aromatic nitrogens is 1. The van der Waals surface area contributed by atoms with Crippen LogP contribution in [0.4, 0.5) is 0 Å². The van der Waals surface area contributed by atoms with Crippen molar-refractivity contribution in [2.24, 2.45) is 5.73 Å². The maximum Gasteiger partial charge on any atom is 0.217 e. The highest BCUT2D eigenvalue weighted by Crippen LogP contribution is 2.45. The van der Waals surface area contributed by atoms with Crippen LogP contribution >= 0.6 is 0 Å². The molecule has 1 aliphatic heterocycles. The van der Waals surface area contributed by atoms with E-state index in [0.29, 0.717) is 38.9 Å². The van der Waals surface area contributed by atoms with E-state index >= 15 is 0 Å². The first kappa shape index (κ1) is 25.5. The summed E-state index contributed by atoms with van der Waals surface area (Å²) in [5.41, 5.74) is 11.5. The number of nitrogens with one attached hydrogen (secondary N) is 1. The van der Waals surface area contributed by atoms with Crippen LogP contribution in [0.15, 0.2) is 66.9 Å². The molecule has 0 bridgehead atoms. The maximum absolute atomic E-state index is 12.4. The number of hydrogen-bond acceptors (Lipinski definition) is 6.